The number of hydrogen-bond acceptors (Lipinski definition) is 5. The minimum Gasteiger partial charge on any atom is -0.478 e. The number of nitrogens with one attached hydrogen (secondary N) is 1. The maximum Gasteiger partial charge on any atom is 0.338 e. The van der Waals surface area contributed by atoms with E-state index < -0.39 is 33.9 Å². The Balaban J connectivity index is 2.83. The van der Waals surface area contributed by atoms with Crippen LogP contribution in [0.25, 0.3) is 0 Å². The summed E-state index contributed by atoms with van der Waals surface area (Å²) in [6.07, 6.45) is 1.18. The number of aromatic carboxylic acids is 1. The third-order valence-corrected chi connectivity index (χ3v) is 2.68. The number of benzene rings is 1. The minimum absolute atomic E-state index is 0.0853. The molecule has 0 atom stereocenters. The van der Waals surface area contributed by atoms with Gasteiger partial charge in [-0.3, -0.25) is 14.9 Å². The largest absolute Gasteiger partial charge is 0.478 e. The molecule has 1 aromatic carbocycles. The van der Waals surface area contributed by atoms with Gasteiger partial charge in [0.15, 0.2) is 0 Å². The fraction of sp³-hybridized carbons (Fsp3) is 0.333. The highest BCUT2D eigenvalue weighted by atomic mass is 19.1. The third-order valence-electron chi connectivity index (χ3n) is 2.68. The first-order valence-electron chi connectivity index (χ1n) is 6.06. The van der Waals surface area contributed by atoms with E-state index >= 15 is 0 Å². The van der Waals surface area contributed by atoms with Crippen molar-refractivity contribution in [3.63, 3.8) is 0 Å². The maximum absolute atomic E-state index is 13.4. The first-order valence-corrected chi connectivity index (χ1v) is 6.06. The number of carbonyl (C=O) groups excluding carboxylic acids is 1. The molecule has 1 amide bonds. The maximum atomic E-state index is 13.4. The number of primary amides is 1. The molecule has 0 fully saturated rings. The lowest BCUT2D eigenvalue weighted by molar-refractivity contribution is -0.384. The normalized spacial score (nSPS) is 10.1. The second kappa shape index (κ2) is 7.17. The van der Waals surface area contributed by atoms with Crippen molar-refractivity contribution in [2.75, 3.05) is 11.9 Å². The van der Waals surface area contributed by atoms with Crippen LogP contribution in [0.1, 0.15) is 29.6 Å². The zero-order valence-electron chi connectivity index (χ0n) is 11.0. The summed E-state index contributed by atoms with van der Waals surface area (Å²) in [5.41, 5.74) is 3.68. The highest BCUT2D eigenvalue weighted by Crippen LogP contribution is 2.28. The van der Waals surface area contributed by atoms with Gasteiger partial charge < -0.3 is 16.2 Å². The fourth-order valence-electron chi connectivity index (χ4n) is 1.67. The van der Waals surface area contributed by atoms with Crippen LogP contribution in [-0.4, -0.2) is 28.5 Å². The van der Waals surface area contributed by atoms with Crippen molar-refractivity contribution in [2.45, 2.75) is 19.3 Å². The second-order valence-corrected chi connectivity index (χ2v) is 4.26. The Labute approximate surface area is 118 Å². The summed E-state index contributed by atoms with van der Waals surface area (Å²) in [4.78, 5) is 31.4. The highest BCUT2D eigenvalue weighted by molar-refractivity contribution is 5.90. The molecule has 0 unspecified atom stereocenters. The molecule has 0 saturated heterocycles. The number of unbranched alkanes of at least 4 members (excludes halogenated alkanes) is 1. The van der Waals surface area contributed by atoms with E-state index in [-0.39, 0.29) is 18.7 Å². The Bertz CT molecular complexity index is 576. The van der Waals surface area contributed by atoms with Gasteiger partial charge in [-0.15, -0.1) is 0 Å². The average molecular weight is 299 g/mol. The van der Waals surface area contributed by atoms with E-state index in [1.807, 2.05) is 0 Å². The Kier molecular flexibility index (Phi) is 5.58. The molecule has 1 aromatic rings. The van der Waals surface area contributed by atoms with Crippen molar-refractivity contribution in [2.24, 2.45) is 5.73 Å². The number of carbonyl (C=O) groups is 2. The number of hydrogen-bond donors (Lipinski definition) is 3. The van der Waals surface area contributed by atoms with E-state index in [0.717, 1.165) is 6.07 Å². The molecular weight excluding hydrogens is 285 g/mol. The molecule has 0 radical (unpaired) electrons. The summed E-state index contributed by atoms with van der Waals surface area (Å²) in [5, 5.41) is 22.3. The standard InChI is InChI=1S/C12H14FN3O5/c13-8-6-10(16(20)21)9(5-7(8)12(18)19)15-4-2-1-3-11(14)17/h5-6,15H,1-4H2,(H2,14,17)(H,18,19). The lowest BCUT2D eigenvalue weighted by atomic mass is 10.1. The van der Waals surface area contributed by atoms with Crippen LogP contribution in [0.15, 0.2) is 12.1 Å². The molecular formula is C12H14FN3O5. The Morgan fingerprint density at radius 1 is 1.38 bits per heavy atom. The van der Waals surface area contributed by atoms with E-state index in [9.17, 15) is 24.1 Å². The van der Waals surface area contributed by atoms with Gasteiger partial charge in [0.25, 0.3) is 5.69 Å². The average Bonchev–Trinajstić information content (AvgIpc) is 2.38. The number of nitro benzene ring substituents is 1. The minimum atomic E-state index is -1.51. The zero-order chi connectivity index (χ0) is 16.0. The molecule has 0 spiro atoms. The summed E-state index contributed by atoms with van der Waals surface area (Å²) in [6, 6.07) is 1.44. The van der Waals surface area contributed by atoms with Crippen molar-refractivity contribution >= 4 is 23.3 Å². The number of nitrogens with zero attached hydrogens (tertiary/aromatic N) is 1. The molecule has 21 heavy (non-hydrogen) atoms. The number of amides is 1. The third kappa shape index (κ3) is 4.71. The monoisotopic (exact) mass is 299 g/mol. The smallest absolute Gasteiger partial charge is 0.338 e. The molecule has 0 heterocycles. The molecule has 0 aromatic heterocycles. The van der Waals surface area contributed by atoms with Crippen molar-refractivity contribution < 1.29 is 24.0 Å². The number of nitro groups is 1. The van der Waals surface area contributed by atoms with Gasteiger partial charge in [0, 0.05) is 13.0 Å². The summed E-state index contributed by atoms with van der Waals surface area (Å²) in [7, 11) is 0. The van der Waals surface area contributed by atoms with Gasteiger partial charge in [-0.05, 0) is 18.9 Å². The van der Waals surface area contributed by atoms with Crippen LogP contribution < -0.4 is 11.1 Å². The summed E-state index contributed by atoms with van der Waals surface area (Å²) in [5.74, 6) is -3.14. The van der Waals surface area contributed by atoms with Crippen molar-refractivity contribution in [1.29, 1.82) is 0 Å². The zero-order valence-corrected chi connectivity index (χ0v) is 11.0. The number of carboxylic acid groups (broad SMARTS) is 1. The molecule has 0 bridgehead atoms. The number of rotatable bonds is 8. The van der Waals surface area contributed by atoms with Crippen LogP contribution in [0.3, 0.4) is 0 Å². The number of carboxylic acids is 1. The molecule has 4 N–H and O–H groups in total. The summed E-state index contributed by atoms with van der Waals surface area (Å²) in [6.45, 7) is 0.263. The van der Waals surface area contributed by atoms with Crippen LogP contribution >= 0.6 is 0 Å². The second-order valence-electron chi connectivity index (χ2n) is 4.26. The molecule has 0 aliphatic carbocycles. The first kappa shape index (κ1) is 16.3. The first-order chi connectivity index (χ1) is 9.82. The Morgan fingerprint density at radius 2 is 2.05 bits per heavy atom. The topological polar surface area (TPSA) is 136 Å². The number of anilines is 1. The van der Waals surface area contributed by atoms with E-state index in [2.05, 4.69) is 5.32 Å². The lowest BCUT2D eigenvalue weighted by Gasteiger charge is -2.08. The van der Waals surface area contributed by atoms with Crippen LogP contribution in [-0.2, 0) is 4.79 Å². The predicted octanol–water partition coefficient (Wildman–Crippen LogP) is 1.50. The van der Waals surface area contributed by atoms with Gasteiger partial charge in [-0.1, -0.05) is 0 Å². The Hall–Kier alpha value is -2.71. The van der Waals surface area contributed by atoms with Crippen molar-refractivity contribution in [3.8, 4) is 0 Å². The van der Waals surface area contributed by atoms with Gasteiger partial charge in [0.05, 0.1) is 16.6 Å². The molecule has 114 valence electrons. The van der Waals surface area contributed by atoms with Crippen LogP contribution in [0, 0.1) is 15.9 Å². The van der Waals surface area contributed by atoms with E-state index in [1.54, 1.807) is 0 Å². The van der Waals surface area contributed by atoms with Gasteiger partial charge in [0.2, 0.25) is 5.91 Å². The molecule has 0 aliphatic heterocycles. The van der Waals surface area contributed by atoms with E-state index in [0.29, 0.717) is 18.9 Å². The van der Waals surface area contributed by atoms with Crippen LogP contribution in [0.4, 0.5) is 15.8 Å². The van der Waals surface area contributed by atoms with E-state index in [1.165, 1.54) is 0 Å². The SMILES string of the molecule is NC(=O)CCCCNc1cc(C(=O)O)c(F)cc1[N+](=O)[O-]. The summed E-state index contributed by atoms with van der Waals surface area (Å²) >= 11 is 0. The highest BCUT2D eigenvalue weighted by Gasteiger charge is 2.21. The predicted molar refractivity (Wildman–Crippen MR) is 71.5 cm³/mol. The fourth-order valence-corrected chi connectivity index (χ4v) is 1.67. The molecule has 0 saturated carbocycles. The van der Waals surface area contributed by atoms with Crippen LogP contribution in [0.5, 0.6) is 0 Å². The number of nitrogens with two attached hydrogens (primary N) is 1. The molecule has 8 nitrogen and oxygen atoms in total. The van der Waals surface area contributed by atoms with Gasteiger partial charge >= 0.3 is 5.97 Å². The molecule has 9 heteroatoms. The molecule has 0 aliphatic rings. The quantitative estimate of drug-likeness (QED) is 0.378. The molecule has 1 rings (SSSR count). The van der Waals surface area contributed by atoms with Gasteiger partial charge in [-0.25, -0.2) is 9.18 Å². The lowest BCUT2D eigenvalue weighted by Crippen LogP contribution is -2.11. The Morgan fingerprint density at radius 3 is 2.57 bits per heavy atom. The van der Waals surface area contributed by atoms with Crippen LogP contribution in [0.2, 0.25) is 0 Å². The van der Waals surface area contributed by atoms with Crippen molar-refractivity contribution in [3.05, 3.63) is 33.6 Å². The van der Waals surface area contributed by atoms with E-state index in [4.69, 9.17) is 10.8 Å². The van der Waals surface area contributed by atoms with Crippen molar-refractivity contribution in [1.82, 2.24) is 0 Å². The summed E-state index contributed by atoms with van der Waals surface area (Å²) < 4.78 is 13.4. The van der Waals surface area contributed by atoms with Gasteiger partial charge in [-0.2, -0.15) is 0 Å². The number of halogens is 1. The van der Waals surface area contributed by atoms with Gasteiger partial charge in [0.1, 0.15) is 11.5 Å².